The van der Waals surface area contributed by atoms with Gasteiger partial charge >= 0.3 is 0 Å². The van der Waals surface area contributed by atoms with E-state index in [0.29, 0.717) is 12.1 Å². The maximum absolute atomic E-state index is 5.08. The third kappa shape index (κ3) is 2.44. The Kier molecular flexibility index (Phi) is 3.98. The molecule has 0 amide bonds. The molecular weight excluding hydrogens is 152 g/mol. The molecular formula is C9H20N2O. The van der Waals surface area contributed by atoms with Gasteiger partial charge < -0.3 is 10.1 Å². The van der Waals surface area contributed by atoms with Crippen LogP contribution in [-0.4, -0.2) is 50.3 Å². The summed E-state index contributed by atoms with van der Waals surface area (Å²) in [6, 6.07) is 1.28. The van der Waals surface area contributed by atoms with Gasteiger partial charge in [-0.3, -0.25) is 4.90 Å². The summed E-state index contributed by atoms with van der Waals surface area (Å²) in [6.45, 7) is 8.63. The van der Waals surface area contributed by atoms with Crippen LogP contribution in [-0.2, 0) is 4.74 Å². The molecule has 1 aliphatic rings. The summed E-state index contributed by atoms with van der Waals surface area (Å²) in [6.07, 6.45) is 0. The van der Waals surface area contributed by atoms with Gasteiger partial charge in [0.2, 0.25) is 0 Å². The first-order valence-electron chi connectivity index (χ1n) is 4.71. The lowest BCUT2D eigenvalue weighted by Crippen LogP contribution is -2.55. The zero-order chi connectivity index (χ0) is 8.97. The molecule has 1 rings (SSSR count). The Balaban J connectivity index is 2.34. The summed E-state index contributed by atoms with van der Waals surface area (Å²) < 4.78 is 5.08. The van der Waals surface area contributed by atoms with Crippen molar-refractivity contribution in [2.24, 2.45) is 0 Å². The monoisotopic (exact) mass is 172 g/mol. The zero-order valence-electron chi connectivity index (χ0n) is 8.34. The molecule has 1 aliphatic heterocycles. The van der Waals surface area contributed by atoms with Gasteiger partial charge in [-0.05, 0) is 13.8 Å². The highest BCUT2D eigenvalue weighted by Gasteiger charge is 2.23. The maximum Gasteiger partial charge on any atom is 0.0589 e. The Labute approximate surface area is 75.1 Å². The van der Waals surface area contributed by atoms with Gasteiger partial charge in [0.05, 0.1) is 6.61 Å². The van der Waals surface area contributed by atoms with Crippen molar-refractivity contribution >= 4 is 0 Å². The van der Waals surface area contributed by atoms with E-state index in [0.717, 1.165) is 26.2 Å². The van der Waals surface area contributed by atoms with Crippen LogP contribution in [0.15, 0.2) is 0 Å². The van der Waals surface area contributed by atoms with Crippen LogP contribution in [0.3, 0.4) is 0 Å². The second kappa shape index (κ2) is 4.80. The molecule has 0 radical (unpaired) electrons. The van der Waals surface area contributed by atoms with Crippen molar-refractivity contribution in [3.05, 3.63) is 0 Å². The highest BCUT2D eigenvalue weighted by atomic mass is 16.5. The first-order valence-corrected chi connectivity index (χ1v) is 4.71. The Morgan fingerprint density at radius 3 is 2.42 bits per heavy atom. The Hall–Kier alpha value is -0.120. The van der Waals surface area contributed by atoms with E-state index >= 15 is 0 Å². The predicted octanol–water partition coefficient (Wildman–Crippen LogP) is 0.315. The van der Waals surface area contributed by atoms with Gasteiger partial charge in [0, 0.05) is 38.8 Å². The second-order valence-corrected chi connectivity index (χ2v) is 3.59. The summed E-state index contributed by atoms with van der Waals surface area (Å²) in [7, 11) is 1.76. The van der Waals surface area contributed by atoms with E-state index in [-0.39, 0.29) is 0 Å². The molecule has 2 atom stereocenters. The van der Waals surface area contributed by atoms with Gasteiger partial charge in [-0.25, -0.2) is 0 Å². The summed E-state index contributed by atoms with van der Waals surface area (Å²) in [5.41, 5.74) is 0. The Morgan fingerprint density at radius 2 is 1.92 bits per heavy atom. The van der Waals surface area contributed by atoms with Crippen LogP contribution in [0.25, 0.3) is 0 Å². The second-order valence-electron chi connectivity index (χ2n) is 3.59. The van der Waals surface area contributed by atoms with Gasteiger partial charge in [-0.1, -0.05) is 0 Å². The average Bonchev–Trinajstić information content (AvgIpc) is 2.04. The van der Waals surface area contributed by atoms with E-state index < -0.39 is 0 Å². The lowest BCUT2D eigenvalue weighted by atomic mass is 10.1. The Morgan fingerprint density at radius 1 is 1.33 bits per heavy atom. The fraction of sp³-hybridized carbons (Fsp3) is 1.00. The number of nitrogens with one attached hydrogen (secondary N) is 1. The summed E-state index contributed by atoms with van der Waals surface area (Å²) in [5.74, 6) is 0. The third-order valence-electron chi connectivity index (χ3n) is 2.57. The molecule has 0 spiro atoms. The molecule has 12 heavy (non-hydrogen) atoms. The van der Waals surface area contributed by atoms with Gasteiger partial charge in [0.1, 0.15) is 0 Å². The largest absolute Gasteiger partial charge is 0.383 e. The van der Waals surface area contributed by atoms with Crippen LogP contribution in [0.4, 0.5) is 0 Å². The lowest BCUT2D eigenvalue weighted by Gasteiger charge is -2.39. The van der Waals surface area contributed by atoms with Gasteiger partial charge in [0.15, 0.2) is 0 Å². The van der Waals surface area contributed by atoms with Gasteiger partial charge in [-0.15, -0.1) is 0 Å². The average molecular weight is 172 g/mol. The minimum Gasteiger partial charge on any atom is -0.383 e. The van der Waals surface area contributed by atoms with Crippen LogP contribution < -0.4 is 5.32 Å². The molecule has 0 bridgehead atoms. The molecule has 0 aliphatic carbocycles. The summed E-state index contributed by atoms with van der Waals surface area (Å²) in [5, 5.41) is 3.41. The van der Waals surface area contributed by atoms with Crippen molar-refractivity contribution in [3.63, 3.8) is 0 Å². The van der Waals surface area contributed by atoms with E-state index in [9.17, 15) is 0 Å². The Bertz CT molecular complexity index is 120. The van der Waals surface area contributed by atoms with E-state index in [1.54, 1.807) is 7.11 Å². The van der Waals surface area contributed by atoms with Crippen molar-refractivity contribution < 1.29 is 4.74 Å². The molecule has 3 heteroatoms. The van der Waals surface area contributed by atoms with Crippen LogP contribution in [0.1, 0.15) is 13.8 Å². The van der Waals surface area contributed by atoms with Gasteiger partial charge in [-0.2, -0.15) is 0 Å². The fourth-order valence-electron chi connectivity index (χ4n) is 1.81. The molecule has 2 unspecified atom stereocenters. The number of hydrogen-bond donors (Lipinski definition) is 1. The number of piperazine rings is 1. The maximum atomic E-state index is 5.08. The number of ether oxygens (including phenoxy) is 1. The predicted molar refractivity (Wildman–Crippen MR) is 50.4 cm³/mol. The topological polar surface area (TPSA) is 24.5 Å². The molecule has 1 heterocycles. The normalized spacial score (nSPS) is 32.2. The van der Waals surface area contributed by atoms with Crippen LogP contribution >= 0.6 is 0 Å². The van der Waals surface area contributed by atoms with E-state index in [1.165, 1.54) is 0 Å². The quantitative estimate of drug-likeness (QED) is 0.663. The fourth-order valence-corrected chi connectivity index (χ4v) is 1.81. The molecule has 3 nitrogen and oxygen atoms in total. The van der Waals surface area contributed by atoms with Crippen molar-refractivity contribution in [3.8, 4) is 0 Å². The third-order valence-corrected chi connectivity index (χ3v) is 2.57. The lowest BCUT2D eigenvalue weighted by molar-refractivity contribution is 0.0758. The highest BCUT2D eigenvalue weighted by molar-refractivity contribution is 4.81. The molecule has 1 fully saturated rings. The van der Waals surface area contributed by atoms with Crippen molar-refractivity contribution in [1.29, 1.82) is 0 Å². The number of methoxy groups -OCH3 is 1. The van der Waals surface area contributed by atoms with Crippen LogP contribution in [0.5, 0.6) is 0 Å². The SMILES string of the molecule is COCCN1C(C)CNCC1C. The molecule has 0 aromatic carbocycles. The summed E-state index contributed by atoms with van der Waals surface area (Å²) >= 11 is 0. The first kappa shape index (κ1) is 9.96. The minimum atomic E-state index is 0.642. The smallest absolute Gasteiger partial charge is 0.0589 e. The highest BCUT2D eigenvalue weighted by Crippen LogP contribution is 2.08. The van der Waals surface area contributed by atoms with Crippen molar-refractivity contribution in [1.82, 2.24) is 10.2 Å². The zero-order valence-corrected chi connectivity index (χ0v) is 8.34. The van der Waals surface area contributed by atoms with Crippen molar-refractivity contribution in [2.75, 3.05) is 33.4 Å². The molecule has 0 saturated carbocycles. The standard InChI is InChI=1S/C9H20N2O/c1-8-6-10-7-9(2)11(8)4-5-12-3/h8-10H,4-7H2,1-3H3. The first-order chi connectivity index (χ1) is 5.75. The van der Waals surface area contributed by atoms with E-state index in [1.807, 2.05) is 0 Å². The van der Waals surface area contributed by atoms with E-state index in [2.05, 4.69) is 24.1 Å². The van der Waals surface area contributed by atoms with E-state index in [4.69, 9.17) is 4.74 Å². The molecule has 0 aromatic rings. The number of rotatable bonds is 3. The molecule has 72 valence electrons. The van der Waals surface area contributed by atoms with Crippen LogP contribution in [0, 0.1) is 0 Å². The van der Waals surface area contributed by atoms with Crippen LogP contribution in [0.2, 0.25) is 0 Å². The number of hydrogen-bond acceptors (Lipinski definition) is 3. The van der Waals surface area contributed by atoms with Gasteiger partial charge in [0.25, 0.3) is 0 Å². The molecule has 0 aromatic heterocycles. The minimum absolute atomic E-state index is 0.642. The number of nitrogens with zero attached hydrogens (tertiary/aromatic N) is 1. The molecule has 1 saturated heterocycles. The van der Waals surface area contributed by atoms with Crippen molar-refractivity contribution in [2.45, 2.75) is 25.9 Å². The molecule has 1 N–H and O–H groups in total. The summed E-state index contributed by atoms with van der Waals surface area (Å²) in [4.78, 5) is 2.50.